The first-order valence-corrected chi connectivity index (χ1v) is 8.56. The number of anilines is 1. The molecule has 0 bridgehead atoms. The molecule has 130 valence electrons. The zero-order chi connectivity index (χ0) is 17.1. The lowest BCUT2D eigenvalue weighted by atomic mass is 9.77. The molecule has 0 spiro atoms. The molecule has 1 aromatic carbocycles. The molecule has 24 heavy (non-hydrogen) atoms. The van der Waals surface area contributed by atoms with Crippen molar-refractivity contribution in [2.45, 2.75) is 25.4 Å². The van der Waals surface area contributed by atoms with E-state index >= 15 is 0 Å². The Morgan fingerprint density at radius 2 is 1.62 bits per heavy atom. The van der Waals surface area contributed by atoms with Crippen LogP contribution < -0.4 is 4.90 Å². The Morgan fingerprint density at radius 1 is 0.958 bits per heavy atom. The molecule has 1 aromatic rings. The fourth-order valence-electron chi connectivity index (χ4n) is 3.78. The van der Waals surface area contributed by atoms with E-state index in [0.29, 0.717) is 25.9 Å². The molecule has 1 aliphatic carbocycles. The number of para-hydroxylation sites is 1. The Labute approximate surface area is 141 Å². The number of benzene rings is 1. The molecule has 1 aliphatic heterocycles. The number of piperazine rings is 1. The molecule has 3 atom stereocenters. The SMILES string of the molecule is O=C(O)[C@H]1C[C@H](O)CC[C@@H]1C(=O)N1CCN(c2ccccc2)CC1. The van der Waals surface area contributed by atoms with Crippen LogP contribution in [-0.4, -0.2) is 59.3 Å². The third-order valence-electron chi connectivity index (χ3n) is 5.17. The average Bonchev–Trinajstić information content (AvgIpc) is 2.62. The summed E-state index contributed by atoms with van der Waals surface area (Å²) in [4.78, 5) is 28.3. The summed E-state index contributed by atoms with van der Waals surface area (Å²) >= 11 is 0. The van der Waals surface area contributed by atoms with Gasteiger partial charge in [0.1, 0.15) is 0 Å². The van der Waals surface area contributed by atoms with Gasteiger partial charge in [-0.1, -0.05) is 18.2 Å². The highest BCUT2D eigenvalue weighted by atomic mass is 16.4. The van der Waals surface area contributed by atoms with Crippen LogP contribution in [0.15, 0.2) is 30.3 Å². The first-order valence-electron chi connectivity index (χ1n) is 8.56. The third kappa shape index (κ3) is 3.53. The molecule has 1 saturated carbocycles. The lowest BCUT2D eigenvalue weighted by molar-refractivity contribution is -0.154. The van der Waals surface area contributed by atoms with Crippen molar-refractivity contribution < 1.29 is 19.8 Å². The summed E-state index contributed by atoms with van der Waals surface area (Å²) in [7, 11) is 0. The van der Waals surface area contributed by atoms with E-state index in [9.17, 15) is 19.8 Å². The van der Waals surface area contributed by atoms with Crippen LogP contribution in [0.1, 0.15) is 19.3 Å². The van der Waals surface area contributed by atoms with E-state index in [2.05, 4.69) is 17.0 Å². The number of carbonyl (C=O) groups excluding carboxylic acids is 1. The van der Waals surface area contributed by atoms with Crippen molar-refractivity contribution >= 4 is 17.6 Å². The minimum absolute atomic E-state index is 0.0676. The Balaban J connectivity index is 1.61. The largest absolute Gasteiger partial charge is 0.481 e. The number of carboxylic acids is 1. The minimum Gasteiger partial charge on any atom is -0.481 e. The van der Waals surface area contributed by atoms with Crippen LogP contribution in [0.2, 0.25) is 0 Å². The van der Waals surface area contributed by atoms with Crippen LogP contribution in [0, 0.1) is 11.8 Å². The van der Waals surface area contributed by atoms with E-state index in [1.165, 1.54) is 0 Å². The van der Waals surface area contributed by atoms with Crippen molar-refractivity contribution in [3.8, 4) is 0 Å². The normalized spacial score (nSPS) is 27.8. The summed E-state index contributed by atoms with van der Waals surface area (Å²) in [5.41, 5.74) is 1.15. The van der Waals surface area contributed by atoms with Gasteiger partial charge in [0, 0.05) is 31.9 Å². The minimum atomic E-state index is -0.977. The van der Waals surface area contributed by atoms with Crippen LogP contribution >= 0.6 is 0 Å². The second-order valence-electron chi connectivity index (χ2n) is 6.67. The molecule has 1 saturated heterocycles. The smallest absolute Gasteiger partial charge is 0.307 e. The summed E-state index contributed by atoms with van der Waals surface area (Å²) < 4.78 is 0. The number of hydrogen-bond donors (Lipinski definition) is 2. The molecule has 0 radical (unpaired) electrons. The van der Waals surface area contributed by atoms with Gasteiger partial charge in [0.05, 0.1) is 17.9 Å². The molecule has 0 unspecified atom stereocenters. The average molecular weight is 332 g/mol. The zero-order valence-electron chi connectivity index (χ0n) is 13.7. The maximum Gasteiger partial charge on any atom is 0.307 e. The maximum absolute atomic E-state index is 12.8. The predicted molar refractivity (Wildman–Crippen MR) is 89.7 cm³/mol. The van der Waals surface area contributed by atoms with Crippen LogP contribution in [-0.2, 0) is 9.59 Å². The molecular formula is C18H24N2O4. The van der Waals surface area contributed by atoms with Gasteiger partial charge in [0.2, 0.25) is 5.91 Å². The number of hydrogen-bond acceptors (Lipinski definition) is 4. The lowest BCUT2D eigenvalue weighted by Gasteiger charge is -2.39. The molecule has 6 heteroatoms. The quantitative estimate of drug-likeness (QED) is 0.869. The highest BCUT2D eigenvalue weighted by Gasteiger charge is 2.41. The molecule has 3 rings (SSSR count). The van der Waals surface area contributed by atoms with Gasteiger partial charge in [-0.05, 0) is 31.4 Å². The van der Waals surface area contributed by atoms with E-state index < -0.39 is 23.9 Å². The standard InChI is InChI=1S/C18H24N2O4/c21-14-6-7-15(16(12-14)18(23)24)17(22)20-10-8-19(9-11-20)13-4-2-1-3-5-13/h1-5,14-16,21H,6-12H2,(H,23,24)/t14-,15+,16+/m1/s1. The Kier molecular flexibility index (Phi) is 5.04. The number of rotatable bonds is 3. The Morgan fingerprint density at radius 3 is 2.25 bits per heavy atom. The summed E-state index contributed by atoms with van der Waals surface area (Å²) in [6, 6.07) is 10.1. The zero-order valence-corrected chi connectivity index (χ0v) is 13.7. The fraction of sp³-hybridized carbons (Fsp3) is 0.556. The van der Waals surface area contributed by atoms with E-state index in [1.807, 2.05) is 18.2 Å². The number of aliphatic hydroxyl groups excluding tert-OH is 1. The van der Waals surface area contributed by atoms with E-state index in [-0.39, 0.29) is 12.3 Å². The molecule has 1 amide bonds. The van der Waals surface area contributed by atoms with Gasteiger partial charge in [-0.15, -0.1) is 0 Å². The first kappa shape index (κ1) is 16.8. The summed E-state index contributed by atoms with van der Waals surface area (Å²) in [5.74, 6) is -2.32. The number of aliphatic carboxylic acids is 1. The van der Waals surface area contributed by atoms with Gasteiger partial charge in [-0.2, -0.15) is 0 Å². The van der Waals surface area contributed by atoms with Crippen molar-refractivity contribution in [1.29, 1.82) is 0 Å². The van der Waals surface area contributed by atoms with Crippen LogP contribution in [0.4, 0.5) is 5.69 Å². The number of nitrogens with zero attached hydrogens (tertiary/aromatic N) is 2. The molecule has 0 aromatic heterocycles. The molecular weight excluding hydrogens is 308 g/mol. The van der Waals surface area contributed by atoms with Crippen molar-refractivity contribution in [3.05, 3.63) is 30.3 Å². The third-order valence-corrected chi connectivity index (χ3v) is 5.17. The number of carbonyl (C=O) groups is 2. The van der Waals surface area contributed by atoms with Crippen LogP contribution in [0.5, 0.6) is 0 Å². The van der Waals surface area contributed by atoms with Crippen molar-refractivity contribution in [3.63, 3.8) is 0 Å². The Bertz CT molecular complexity index is 584. The molecule has 2 fully saturated rings. The number of aliphatic hydroxyl groups is 1. The molecule has 6 nitrogen and oxygen atoms in total. The topological polar surface area (TPSA) is 81.1 Å². The second-order valence-corrected chi connectivity index (χ2v) is 6.67. The fourth-order valence-corrected chi connectivity index (χ4v) is 3.78. The van der Waals surface area contributed by atoms with Gasteiger partial charge in [0.25, 0.3) is 0 Å². The number of amides is 1. The van der Waals surface area contributed by atoms with Crippen molar-refractivity contribution in [1.82, 2.24) is 4.90 Å². The summed E-state index contributed by atoms with van der Waals surface area (Å²) in [6.45, 7) is 2.73. The van der Waals surface area contributed by atoms with Crippen molar-refractivity contribution in [2.75, 3.05) is 31.1 Å². The summed E-state index contributed by atoms with van der Waals surface area (Å²) in [6.07, 6.45) is 0.528. The Hall–Kier alpha value is -2.08. The van der Waals surface area contributed by atoms with Gasteiger partial charge in [0.15, 0.2) is 0 Å². The maximum atomic E-state index is 12.8. The molecule has 2 N–H and O–H groups in total. The highest BCUT2D eigenvalue weighted by molar-refractivity contribution is 5.85. The number of carboxylic acid groups (broad SMARTS) is 1. The van der Waals surface area contributed by atoms with Gasteiger partial charge in [-0.3, -0.25) is 9.59 Å². The lowest BCUT2D eigenvalue weighted by Crippen LogP contribution is -2.52. The van der Waals surface area contributed by atoms with Crippen LogP contribution in [0.25, 0.3) is 0 Å². The monoisotopic (exact) mass is 332 g/mol. The first-order chi connectivity index (χ1) is 11.6. The predicted octanol–water partition coefficient (Wildman–Crippen LogP) is 1.20. The summed E-state index contributed by atoms with van der Waals surface area (Å²) in [5, 5.41) is 19.1. The van der Waals surface area contributed by atoms with Crippen LogP contribution in [0.3, 0.4) is 0 Å². The molecule has 1 heterocycles. The van der Waals surface area contributed by atoms with Gasteiger partial charge in [-0.25, -0.2) is 0 Å². The van der Waals surface area contributed by atoms with E-state index in [0.717, 1.165) is 18.8 Å². The van der Waals surface area contributed by atoms with E-state index in [4.69, 9.17) is 0 Å². The van der Waals surface area contributed by atoms with E-state index in [1.54, 1.807) is 4.90 Å². The molecule has 2 aliphatic rings. The van der Waals surface area contributed by atoms with Crippen molar-refractivity contribution in [2.24, 2.45) is 11.8 Å². The van der Waals surface area contributed by atoms with Gasteiger partial charge >= 0.3 is 5.97 Å². The second kappa shape index (κ2) is 7.21. The van der Waals surface area contributed by atoms with Gasteiger partial charge < -0.3 is 20.0 Å². The highest BCUT2D eigenvalue weighted by Crippen LogP contribution is 2.32.